The van der Waals surface area contributed by atoms with Gasteiger partial charge in [0.15, 0.2) is 5.65 Å². The number of hydrogen-bond donors (Lipinski definition) is 1. The van der Waals surface area contributed by atoms with Crippen molar-refractivity contribution in [3.63, 3.8) is 0 Å². The molecule has 0 aliphatic heterocycles. The molecule has 0 bridgehead atoms. The second-order valence-electron chi connectivity index (χ2n) is 6.35. The van der Waals surface area contributed by atoms with Gasteiger partial charge in [0.25, 0.3) is 0 Å². The molecule has 2 heterocycles. The molecule has 2 N–H and O–H groups in total. The SMILES string of the molecule is C=CC(=O)N(C)c1cccc(-n2nc(-c3ccc(Cl)cc3)c3c(N)ncnc32)c1. The van der Waals surface area contributed by atoms with Gasteiger partial charge in [-0.05, 0) is 36.4 Å². The maximum absolute atomic E-state index is 12.0. The molecule has 4 aromatic rings. The van der Waals surface area contributed by atoms with Gasteiger partial charge in [-0.15, -0.1) is 0 Å². The lowest BCUT2D eigenvalue weighted by atomic mass is 10.1. The monoisotopic (exact) mass is 404 g/mol. The van der Waals surface area contributed by atoms with Crippen LogP contribution in [0.1, 0.15) is 0 Å². The highest BCUT2D eigenvalue weighted by molar-refractivity contribution is 6.30. The molecular weight excluding hydrogens is 388 g/mol. The van der Waals surface area contributed by atoms with E-state index < -0.39 is 0 Å². The number of carbonyl (C=O) groups excluding carboxylic acids is 1. The third-order valence-electron chi connectivity index (χ3n) is 4.58. The average Bonchev–Trinajstić information content (AvgIpc) is 3.14. The highest BCUT2D eigenvalue weighted by atomic mass is 35.5. The molecule has 8 heteroatoms. The van der Waals surface area contributed by atoms with Crippen molar-refractivity contribution in [1.82, 2.24) is 19.7 Å². The topological polar surface area (TPSA) is 89.9 Å². The number of fused-ring (bicyclic) bond motifs is 1. The molecule has 0 unspecified atom stereocenters. The van der Waals surface area contributed by atoms with Gasteiger partial charge in [0.2, 0.25) is 5.91 Å². The second-order valence-corrected chi connectivity index (χ2v) is 6.78. The molecule has 0 fully saturated rings. The maximum atomic E-state index is 12.0. The van der Waals surface area contributed by atoms with Gasteiger partial charge < -0.3 is 10.6 Å². The molecule has 7 nitrogen and oxygen atoms in total. The Morgan fingerprint density at radius 2 is 1.97 bits per heavy atom. The largest absolute Gasteiger partial charge is 0.383 e. The summed E-state index contributed by atoms with van der Waals surface area (Å²) >= 11 is 6.02. The van der Waals surface area contributed by atoms with Gasteiger partial charge in [0.05, 0.1) is 11.1 Å². The van der Waals surface area contributed by atoms with Crippen LogP contribution in [-0.4, -0.2) is 32.7 Å². The first-order valence-corrected chi connectivity index (χ1v) is 9.13. The van der Waals surface area contributed by atoms with Crippen molar-refractivity contribution in [1.29, 1.82) is 0 Å². The summed E-state index contributed by atoms with van der Waals surface area (Å²) in [5, 5.41) is 6.03. The zero-order valence-corrected chi connectivity index (χ0v) is 16.3. The van der Waals surface area contributed by atoms with Crippen molar-refractivity contribution in [2.45, 2.75) is 0 Å². The number of halogens is 1. The van der Waals surface area contributed by atoms with E-state index >= 15 is 0 Å². The number of amides is 1. The number of likely N-dealkylation sites (N-methyl/N-ethyl adjacent to an activating group) is 1. The number of carbonyl (C=O) groups is 1. The maximum Gasteiger partial charge on any atom is 0.250 e. The van der Waals surface area contributed by atoms with Gasteiger partial charge in [0, 0.05) is 23.3 Å². The summed E-state index contributed by atoms with van der Waals surface area (Å²) in [6.07, 6.45) is 2.67. The first-order chi connectivity index (χ1) is 14.0. The summed E-state index contributed by atoms with van der Waals surface area (Å²) in [5.41, 5.74) is 9.65. The lowest BCUT2D eigenvalue weighted by Crippen LogP contribution is -2.23. The Hall–Kier alpha value is -3.71. The Morgan fingerprint density at radius 1 is 1.21 bits per heavy atom. The van der Waals surface area contributed by atoms with E-state index in [9.17, 15) is 4.79 Å². The summed E-state index contributed by atoms with van der Waals surface area (Å²) < 4.78 is 1.69. The fourth-order valence-electron chi connectivity index (χ4n) is 3.06. The Morgan fingerprint density at radius 3 is 2.69 bits per heavy atom. The van der Waals surface area contributed by atoms with Gasteiger partial charge in [0.1, 0.15) is 17.8 Å². The minimum atomic E-state index is -0.208. The molecule has 0 saturated heterocycles. The van der Waals surface area contributed by atoms with E-state index in [0.717, 1.165) is 11.3 Å². The molecule has 29 heavy (non-hydrogen) atoms. The molecular formula is C21H17ClN6O. The third kappa shape index (κ3) is 3.32. The van der Waals surface area contributed by atoms with Crippen LogP contribution < -0.4 is 10.6 Å². The molecule has 2 aromatic heterocycles. The van der Waals surface area contributed by atoms with Crippen molar-refractivity contribution < 1.29 is 4.79 Å². The van der Waals surface area contributed by atoms with E-state index in [0.29, 0.717) is 33.3 Å². The zero-order chi connectivity index (χ0) is 20.5. The van der Waals surface area contributed by atoms with E-state index in [2.05, 4.69) is 16.5 Å². The standard InChI is InChI=1S/C21H17ClN6O/c1-3-17(29)27(2)15-5-4-6-16(11-15)28-21-18(20(23)24-12-25-21)19(26-28)13-7-9-14(22)10-8-13/h3-12H,1H2,2H3,(H2,23,24,25). The zero-order valence-electron chi connectivity index (χ0n) is 15.6. The van der Waals surface area contributed by atoms with Crippen LogP contribution in [0.5, 0.6) is 0 Å². The van der Waals surface area contributed by atoms with Crippen LogP contribution in [0.15, 0.2) is 67.5 Å². The van der Waals surface area contributed by atoms with Crippen molar-refractivity contribution in [3.8, 4) is 16.9 Å². The molecule has 0 aliphatic rings. The molecule has 0 radical (unpaired) electrons. The van der Waals surface area contributed by atoms with Crippen LogP contribution in [0.2, 0.25) is 5.02 Å². The number of hydrogen-bond acceptors (Lipinski definition) is 5. The molecule has 0 atom stereocenters. The molecule has 0 saturated carbocycles. The van der Waals surface area contributed by atoms with Gasteiger partial charge >= 0.3 is 0 Å². The summed E-state index contributed by atoms with van der Waals surface area (Å²) in [6, 6.07) is 14.7. The fraction of sp³-hybridized carbons (Fsp3) is 0.0476. The predicted molar refractivity (Wildman–Crippen MR) is 115 cm³/mol. The number of nitrogens with two attached hydrogens (primary N) is 1. The Bertz CT molecular complexity index is 1230. The number of nitrogen functional groups attached to an aromatic ring is 1. The van der Waals surface area contributed by atoms with Gasteiger partial charge in [-0.1, -0.05) is 36.4 Å². The highest BCUT2D eigenvalue weighted by Gasteiger charge is 2.18. The molecule has 0 spiro atoms. The van der Waals surface area contributed by atoms with E-state index in [1.165, 1.54) is 17.3 Å². The molecule has 144 valence electrons. The van der Waals surface area contributed by atoms with E-state index in [1.807, 2.05) is 36.4 Å². The second kappa shape index (κ2) is 7.37. The van der Waals surface area contributed by atoms with Crippen molar-refractivity contribution in [2.24, 2.45) is 0 Å². The number of rotatable bonds is 4. The lowest BCUT2D eigenvalue weighted by Gasteiger charge is -2.16. The van der Waals surface area contributed by atoms with Gasteiger partial charge in [-0.25, -0.2) is 14.6 Å². The highest BCUT2D eigenvalue weighted by Crippen LogP contribution is 2.32. The van der Waals surface area contributed by atoms with Gasteiger partial charge in [-0.3, -0.25) is 4.79 Å². The molecule has 2 aromatic carbocycles. The smallest absolute Gasteiger partial charge is 0.250 e. The van der Waals surface area contributed by atoms with Crippen molar-refractivity contribution in [3.05, 3.63) is 72.5 Å². The summed E-state index contributed by atoms with van der Waals surface area (Å²) in [5.74, 6) is 0.127. The summed E-state index contributed by atoms with van der Waals surface area (Å²) in [6.45, 7) is 3.53. The first kappa shape index (κ1) is 18.6. The lowest BCUT2D eigenvalue weighted by molar-refractivity contribution is -0.113. The Labute approximate surface area is 172 Å². The molecule has 4 rings (SSSR count). The molecule has 1 amide bonds. The fourth-order valence-corrected chi connectivity index (χ4v) is 3.19. The summed E-state index contributed by atoms with van der Waals surface area (Å²) in [4.78, 5) is 22.0. The van der Waals surface area contributed by atoms with Crippen LogP contribution in [0.4, 0.5) is 11.5 Å². The predicted octanol–water partition coefficient (Wildman–Crippen LogP) is 3.87. The van der Waals surface area contributed by atoms with Crippen LogP contribution in [-0.2, 0) is 4.79 Å². The first-order valence-electron chi connectivity index (χ1n) is 8.75. The number of anilines is 2. The number of aromatic nitrogens is 4. The summed E-state index contributed by atoms with van der Waals surface area (Å²) in [7, 11) is 1.68. The third-order valence-corrected chi connectivity index (χ3v) is 4.83. The van der Waals surface area contributed by atoms with Crippen molar-refractivity contribution in [2.75, 3.05) is 17.7 Å². The van der Waals surface area contributed by atoms with Gasteiger partial charge in [-0.2, -0.15) is 5.10 Å². The van der Waals surface area contributed by atoms with E-state index in [1.54, 1.807) is 23.9 Å². The minimum Gasteiger partial charge on any atom is -0.383 e. The number of nitrogens with zero attached hydrogens (tertiary/aromatic N) is 5. The number of benzene rings is 2. The molecule has 0 aliphatic carbocycles. The quantitative estimate of drug-likeness (QED) is 0.521. The van der Waals surface area contributed by atoms with Crippen LogP contribution in [0.3, 0.4) is 0 Å². The normalized spacial score (nSPS) is 10.8. The van der Waals surface area contributed by atoms with Crippen LogP contribution in [0.25, 0.3) is 28.0 Å². The van der Waals surface area contributed by atoms with Crippen LogP contribution in [0, 0.1) is 0 Å². The van der Waals surface area contributed by atoms with Crippen LogP contribution >= 0.6 is 11.6 Å². The Balaban J connectivity index is 1.92. The average molecular weight is 405 g/mol. The Kier molecular flexibility index (Phi) is 4.74. The van der Waals surface area contributed by atoms with E-state index in [-0.39, 0.29) is 5.91 Å². The minimum absolute atomic E-state index is 0.208. The van der Waals surface area contributed by atoms with E-state index in [4.69, 9.17) is 22.4 Å². The van der Waals surface area contributed by atoms with Crippen molar-refractivity contribution >= 4 is 40.0 Å².